The maximum atomic E-state index is 15.3. The van der Waals surface area contributed by atoms with Gasteiger partial charge in [0.1, 0.15) is 5.82 Å². The van der Waals surface area contributed by atoms with Crippen LogP contribution in [0.1, 0.15) is 37.9 Å². The summed E-state index contributed by atoms with van der Waals surface area (Å²) in [5.41, 5.74) is 0.198. The summed E-state index contributed by atoms with van der Waals surface area (Å²) in [6.45, 7) is 3.84. The number of carbonyl (C=O) groups is 1. The molecular weight excluding hydrogens is 505 g/mol. The van der Waals surface area contributed by atoms with Crippen LogP contribution in [-0.4, -0.2) is 53.4 Å². The van der Waals surface area contributed by atoms with E-state index in [1.807, 2.05) is 19.9 Å². The van der Waals surface area contributed by atoms with Crippen molar-refractivity contribution in [3.8, 4) is 11.5 Å². The van der Waals surface area contributed by atoms with E-state index in [9.17, 15) is 23.8 Å². The minimum atomic E-state index is -3.77. The van der Waals surface area contributed by atoms with Crippen molar-refractivity contribution in [2.45, 2.75) is 56.5 Å². The molecule has 38 heavy (non-hydrogen) atoms. The van der Waals surface area contributed by atoms with Crippen LogP contribution in [0, 0.1) is 5.82 Å². The number of aliphatic hydroxyl groups excluding tert-OH is 2. The molecule has 11 heteroatoms. The maximum absolute atomic E-state index is 15.3. The lowest BCUT2D eigenvalue weighted by molar-refractivity contribution is -0.286. The fourth-order valence-electron chi connectivity index (χ4n) is 5.10. The number of aromatic nitrogens is 1. The maximum Gasteiger partial charge on any atom is 0.586 e. The minimum Gasteiger partial charge on any atom is -0.395 e. The van der Waals surface area contributed by atoms with E-state index in [-0.39, 0.29) is 23.7 Å². The molecule has 1 aliphatic heterocycles. The van der Waals surface area contributed by atoms with Gasteiger partial charge in [0.25, 0.3) is 0 Å². The van der Waals surface area contributed by atoms with Gasteiger partial charge in [0.05, 0.1) is 42.5 Å². The third kappa shape index (κ3) is 4.59. The van der Waals surface area contributed by atoms with Crippen LogP contribution in [0.5, 0.6) is 11.5 Å². The van der Waals surface area contributed by atoms with Gasteiger partial charge in [0, 0.05) is 29.7 Å². The number of alkyl halides is 2. The number of fused-ring (bicyclic) bond motifs is 2. The summed E-state index contributed by atoms with van der Waals surface area (Å²) in [6, 6.07) is 8.87. The lowest BCUT2D eigenvalue weighted by atomic mass is 9.90. The van der Waals surface area contributed by atoms with E-state index in [1.165, 1.54) is 30.3 Å². The van der Waals surface area contributed by atoms with Gasteiger partial charge in [0.2, 0.25) is 5.91 Å². The molecule has 1 aromatic heterocycles. The lowest BCUT2D eigenvalue weighted by Gasteiger charge is -2.27. The highest BCUT2D eigenvalue weighted by molar-refractivity contribution is 6.02. The van der Waals surface area contributed by atoms with Gasteiger partial charge in [-0.1, -0.05) is 19.9 Å². The fourth-order valence-corrected chi connectivity index (χ4v) is 5.10. The minimum absolute atomic E-state index is 0.0306. The Bertz CT molecular complexity index is 1400. The van der Waals surface area contributed by atoms with E-state index in [4.69, 9.17) is 4.74 Å². The number of hydrogen-bond acceptors (Lipinski definition) is 6. The molecule has 1 amide bonds. The van der Waals surface area contributed by atoms with Gasteiger partial charge in [-0.15, -0.1) is 8.78 Å². The summed E-state index contributed by atoms with van der Waals surface area (Å²) in [7, 11) is 1.57. The van der Waals surface area contributed by atoms with Gasteiger partial charge in [0.15, 0.2) is 11.5 Å². The molecule has 0 radical (unpaired) electrons. The Kier molecular flexibility index (Phi) is 6.36. The number of nitrogens with one attached hydrogen (secondary N) is 1. The van der Waals surface area contributed by atoms with E-state index < -0.39 is 41.6 Å². The molecule has 2 aromatic carbocycles. The summed E-state index contributed by atoms with van der Waals surface area (Å²) < 4.78 is 58.3. The van der Waals surface area contributed by atoms with E-state index in [0.717, 1.165) is 5.69 Å². The van der Waals surface area contributed by atoms with Gasteiger partial charge in [-0.3, -0.25) is 4.79 Å². The SMILES string of the molecule is COCC(C)(C)c1cc2cc(NC(=O)C3(c4ccc5c(c4)OC(F)(F)O5)CC3)c(F)cc2n1C[C@@H](O)CO. The number of hydrogen-bond donors (Lipinski definition) is 3. The molecule has 3 aromatic rings. The van der Waals surface area contributed by atoms with Crippen LogP contribution < -0.4 is 14.8 Å². The van der Waals surface area contributed by atoms with E-state index >= 15 is 4.39 Å². The molecular formula is C27H29F3N2O6. The Morgan fingerprint density at radius 3 is 2.55 bits per heavy atom. The molecule has 204 valence electrons. The Hall–Kier alpha value is -3.28. The zero-order chi connectivity index (χ0) is 27.5. The topological polar surface area (TPSA) is 102 Å². The molecule has 0 bridgehead atoms. The number of rotatable bonds is 9. The highest BCUT2D eigenvalue weighted by Crippen LogP contribution is 2.52. The third-order valence-corrected chi connectivity index (χ3v) is 7.18. The van der Waals surface area contributed by atoms with Crippen molar-refractivity contribution in [2.75, 3.05) is 25.6 Å². The van der Waals surface area contributed by atoms with Gasteiger partial charge >= 0.3 is 6.29 Å². The monoisotopic (exact) mass is 534 g/mol. The van der Waals surface area contributed by atoms with Crippen LogP contribution in [-0.2, 0) is 26.9 Å². The summed E-state index contributed by atoms with van der Waals surface area (Å²) in [5.74, 6) is -1.41. The lowest BCUT2D eigenvalue weighted by Crippen LogP contribution is -2.30. The van der Waals surface area contributed by atoms with Crippen molar-refractivity contribution in [1.82, 2.24) is 4.57 Å². The fraction of sp³-hybridized carbons (Fsp3) is 0.444. The predicted molar refractivity (Wildman–Crippen MR) is 132 cm³/mol. The van der Waals surface area contributed by atoms with Crippen molar-refractivity contribution in [1.29, 1.82) is 0 Å². The molecule has 0 saturated heterocycles. The smallest absolute Gasteiger partial charge is 0.395 e. The molecule has 5 rings (SSSR count). The molecule has 2 aliphatic rings. The average molecular weight is 535 g/mol. The first kappa shape index (κ1) is 26.3. The number of amides is 1. The summed E-state index contributed by atoms with van der Waals surface area (Å²) >= 11 is 0. The number of carbonyl (C=O) groups excluding carboxylic acids is 1. The number of nitrogens with zero attached hydrogens (tertiary/aromatic N) is 1. The average Bonchev–Trinajstić information content (AvgIpc) is 3.50. The number of aliphatic hydroxyl groups is 2. The van der Waals surface area contributed by atoms with Crippen LogP contribution in [0.25, 0.3) is 10.9 Å². The summed E-state index contributed by atoms with van der Waals surface area (Å²) in [5, 5.41) is 22.8. The summed E-state index contributed by atoms with van der Waals surface area (Å²) in [4.78, 5) is 13.3. The van der Waals surface area contributed by atoms with Crippen LogP contribution >= 0.6 is 0 Å². The van der Waals surface area contributed by atoms with Crippen molar-refractivity contribution in [3.63, 3.8) is 0 Å². The van der Waals surface area contributed by atoms with Crippen molar-refractivity contribution in [3.05, 3.63) is 53.5 Å². The van der Waals surface area contributed by atoms with Crippen LogP contribution in [0.2, 0.25) is 0 Å². The van der Waals surface area contributed by atoms with E-state index in [1.54, 1.807) is 11.7 Å². The molecule has 3 N–H and O–H groups in total. The molecule has 8 nitrogen and oxygen atoms in total. The second kappa shape index (κ2) is 9.18. The van der Waals surface area contributed by atoms with Crippen molar-refractivity contribution >= 4 is 22.5 Å². The number of ether oxygens (including phenoxy) is 3. The molecule has 1 fully saturated rings. The molecule has 2 heterocycles. The Morgan fingerprint density at radius 2 is 1.89 bits per heavy atom. The molecule has 1 saturated carbocycles. The van der Waals surface area contributed by atoms with Crippen LogP contribution in [0.4, 0.5) is 18.9 Å². The first-order chi connectivity index (χ1) is 17.9. The first-order valence-electron chi connectivity index (χ1n) is 12.2. The van der Waals surface area contributed by atoms with E-state index in [2.05, 4.69) is 14.8 Å². The third-order valence-electron chi connectivity index (χ3n) is 7.18. The van der Waals surface area contributed by atoms with Crippen LogP contribution in [0.15, 0.2) is 36.4 Å². The summed E-state index contributed by atoms with van der Waals surface area (Å²) in [6.07, 6.45) is -3.90. The number of anilines is 1. The number of methoxy groups -OCH3 is 1. The van der Waals surface area contributed by atoms with Gasteiger partial charge in [-0.2, -0.15) is 0 Å². The molecule has 0 spiro atoms. The van der Waals surface area contributed by atoms with Gasteiger partial charge < -0.3 is 34.3 Å². The normalized spacial score (nSPS) is 18.0. The van der Waals surface area contributed by atoms with Crippen LogP contribution in [0.3, 0.4) is 0 Å². The largest absolute Gasteiger partial charge is 0.586 e. The Labute approximate surface area is 216 Å². The van der Waals surface area contributed by atoms with Gasteiger partial charge in [-0.05, 0) is 42.7 Å². The predicted octanol–water partition coefficient (Wildman–Crippen LogP) is 4.05. The first-order valence-corrected chi connectivity index (χ1v) is 12.2. The number of halogens is 3. The highest BCUT2D eigenvalue weighted by Gasteiger charge is 2.53. The Morgan fingerprint density at radius 1 is 1.18 bits per heavy atom. The standard InChI is InChI=1S/C27H29F3N2O6/c1-25(2,14-36-3)23-9-15-8-19(18(28)11-20(15)32(23)12-17(34)13-33)31-24(35)26(6-7-26)16-4-5-21-22(10-16)38-27(29,30)37-21/h4-5,8-11,17,33-34H,6-7,12-14H2,1-3H3,(H,31,35)/t17-/m1/s1. The molecule has 0 unspecified atom stereocenters. The van der Waals surface area contributed by atoms with Crippen molar-refractivity contribution in [2.24, 2.45) is 0 Å². The van der Waals surface area contributed by atoms with Crippen molar-refractivity contribution < 1.29 is 42.4 Å². The highest BCUT2D eigenvalue weighted by atomic mass is 19.3. The zero-order valence-corrected chi connectivity index (χ0v) is 21.2. The quantitative estimate of drug-likeness (QED) is 0.383. The van der Waals surface area contributed by atoms with Gasteiger partial charge in [-0.25, -0.2) is 4.39 Å². The Balaban J connectivity index is 1.46. The second-order valence-corrected chi connectivity index (χ2v) is 10.5. The zero-order valence-electron chi connectivity index (χ0n) is 21.2. The molecule has 1 atom stereocenters. The van der Waals surface area contributed by atoms with E-state index in [0.29, 0.717) is 35.9 Å². The molecule has 1 aliphatic carbocycles. The number of benzene rings is 2. The second-order valence-electron chi connectivity index (χ2n) is 10.5.